The highest BCUT2D eigenvalue weighted by Gasteiger charge is 2.09. The molecule has 3 aromatic rings. The summed E-state index contributed by atoms with van der Waals surface area (Å²) in [7, 11) is 0. The summed E-state index contributed by atoms with van der Waals surface area (Å²) in [6.07, 6.45) is 0. The van der Waals surface area contributed by atoms with Crippen molar-refractivity contribution < 1.29 is 4.79 Å². The van der Waals surface area contributed by atoms with Gasteiger partial charge in [0.15, 0.2) is 10.9 Å². The first kappa shape index (κ1) is 17.2. The van der Waals surface area contributed by atoms with Gasteiger partial charge in [0, 0.05) is 10.0 Å². The normalized spacial score (nSPS) is 10.5. The molecule has 0 aliphatic carbocycles. The van der Waals surface area contributed by atoms with Crippen LogP contribution >= 0.6 is 44.7 Å². The largest absolute Gasteiger partial charge is 0.333 e. The quantitative estimate of drug-likeness (QED) is 0.447. The third-order valence-electron chi connectivity index (χ3n) is 3.10. The molecule has 0 spiro atoms. The molecule has 0 bridgehead atoms. The monoisotopic (exact) mass is 440 g/mol. The second-order valence-electron chi connectivity index (χ2n) is 4.78. The summed E-state index contributed by atoms with van der Waals surface area (Å²) in [6, 6.07) is 13.5. The predicted molar refractivity (Wildman–Crippen MR) is 100 cm³/mol. The van der Waals surface area contributed by atoms with E-state index in [0.717, 1.165) is 20.7 Å². The van der Waals surface area contributed by atoms with Crippen LogP contribution in [-0.2, 0) is 0 Å². The van der Waals surface area contributed by atoms with E-state index >= 15 is 0 Å². The Balaban J connectivity index is 0.00000176. The summed E-state index contributed by atoms with van der Waals surface area (Å²) in [6.45, 7) is 2.05. The maximum Gasteiger partial charge on any atom is 0.173 e. The molecule has 0 unspecified atom stereocenters. The van der Waals surface area contributed by atoms with Crippen LogP contribution < -0.4 is 0 Å². The van der Waals surface area contributed by atoms with Crippen LogP contribution in [0.3, 0.4) is 0 Å². The van der Waals surface area contributed by atoms with Crippen LogP contribution in [0.4, 0.5) is 0 Å². The van der Waals surface area contributed by atoms with E-state index < -0.39 is 0 Å². The van der Waals surface area contributed by atoms with Crippen molar-refractivity contribution in [3.05, 3.63) is 58.1 Å². The number of H-pyrrole nitrogens is 1. The smallest absolute Gasteiger partial charge is 0.173 e. The van der Waals surface area contributed by atoms with Crippen molar-refractivity contribution in [2.75, 3.05) is 5.75 Å². The van der Waals surface area contributed by atoms with Crippen LogP contribution in [-0.4, -0.2) is 21.5 Å². The molecular weight excluding hydrogens is 428 g/mol. The molecule has 6 heteroatoms. The van der Waals surface area contributed by atoms with Crippen molar-refractivity contribution in [3.63, 3.8) is 0 Å². The third kappa shape index (κ3) is 4.00. The summed E-state index contributed by atoms with van der Waals surface area (Å²) < 4.78 is 0.914. The highest BCUT2D eigenvalue weighted by molar-refractivity contribution is 9.10. The zero-order valence-electron chi connectivity index (χ0n) is 11.8. The van der Waals surface area contributed by atoms with Crippen molar-refractivity contribution in [2.24, 2.45) is 0 Å². The van der Waals surface area contributed by atoms with E-state index in [1.807, 2.05) is 43.3 Å². The fourth-order valence-corrected chi connectivity index (χ4v) is 3.23. The number of halogens is 2. The minimum absolute atomic E-state index is 0. The predicted octanol–water partition coefficient (Wildman–Crippen LogP) is 5.19. The van der Waals surface area contributed by atoms with Gasteiger partial charge in [0.1, 0.15) is 0 Å². The lowest BCUT2D eigenvalue weighted by Gasteiger charge is -2.00. The highest BCUT2D eigenvalue weighted by Crippen LogP contribution is 2.22. The zero-order valence-corrected chi connectivity index (χ0v) is 15.9. The van der Waals surface area contributed by atoms with Crippen LogP contribution in [0.1, 0.15) is 15.9 Å². The molecule has 3 rings (SSSR count). The Morgan fingerprint density at radius 1 is 1.27 bits per heavy atom. The molecule has 0 aliphatic rings. The second kappa shape index (κ2) is 7.44. The number of benzene rings is 2. The fourth-order valence-electron chi connectivity index (χ4n) is 2.05. The summed E-state index contributed by atoms with van der Waals surface area (Å²) >= 11 is 4.81. The molecule has 0 saturated heterocycles. The number of carbonyl (C=O) groups is 1. The molecule has 1 aromatic heterocycles. The van der Waals surface area contributed by atoms with Gasteiger partial charge in [-0.05, 0) is 36.8 Å². The van der Waals surface area contributed by atoms with Gasteiger partial charge in [-0.1, -0.05) is 45.9 Å². The summed E-state index contributed by atoms with van der Waals surface area (Å²) in [5, 5.41) is 0.777. The minimum atomic E-state index is 0. The SMILES string of the molecule is Br.Cc1ccc2nc(SCC(=O)c3cccc(Br)c3)[nH]c2c1. The summed E-state index contributed by atoms with van der Waals surface area (Å²) in [4.78, 5) is 19.9. The fraction of sp³-hybridized carbons (Fsp3) is 0.125. The maximum atomic E-state index is 12.2. The molecule has 3 nitrogen and oxygen atoms in total. The van der Waals surface area contributed by atoms with E-state index in [4.69, 9.17) is 0 Å². The maximum absolute atomic E-state index is 12.2. The van der Waals surface area contributed by atoms with E-state index in [2.05, 4.69) is 32.0 Å². The third-order valence-corrected chi connectivity index (χ3v) is 4.47. The van der Waals surface area contributed by atoms with E-state index in [1.165, 1.54) is 17.3 Å². The van der Waals surface area contributed by atoms with Crippen LogP contribution in [0.25, 0.3) is 11.0 Å². The first-order valence-electron chi connectivity index (χ1n) is 6.50. The van der Waals surface area contributed by atoms with Crippen molar-refractivity contribution >= 4 is 61.5 Å². The Morgan fingerprint density at radius 2 is 2.09 bits per heavy atom. The lowest BCUT2D eigenvalue weighted by molar-refractivity contribution is 0.102. The number of Topliss-reactive ketones (excluding diaryl/α,β-unsaturated/α-hetero) is 1. The number of thioether (sulfide) groups is 1. The van der Waals surface area contributed by atoms with Crippen LogP contribution in [0.2, 0.25) is 0 Å². The zero-order chi connectivity index (χ0) is 14.8. The van der Waals surface area contributed by atoms with E-state index in [9.17, 15) is 4.79 Å². The molecule has 0 saturated carbocycles. The first-order valence-corrected chi connectivity index (χ1v) is 8.27. The number of hydrogen-bond donors (Lipinski definition) is 1. The summed E-state index contributed by atoms with van der Waals surface area (Å²) in [5.74, 6) is 0.466. The molecule has 0 atom stereocenters. The number of aryl methyl sites for hydroxylation is 1. The van der Waals surface area contributed by atoms with Crippen LogP contribution in [0.5, 0.6) is 0 Å². The molecule has 1 heterocycles. The number of hydrogen-bond acceptors (Lipinski definition) is 3. The molecule has 0 radical (unpaired) electrons. The number of fused-ring (bicyclic) bond motifs is 1. The van der Waals surface area contributed by atoms with Crippen LogP contribution in [0.15, 0.2) is 52.1 Å². The number of imidazole rings is 1. The molecule has 0 fully saturated rings. The lowest BCUT2D eigenvalue weighted by atomic mass is 10.2. The van der Waals surface area contributed by atoms with Crippen molar-refractivity contribution in [1.82, 2.24) is 9.97 Å². The number of aromatic amines is 1. The number of rotatable bonds is 4. The number of nitrogens with zero attached hydrogens (tertiary/aromatic N) is 1. The van der Waals surface area contributed by atoms with Crippen LogP contribution in [0, 0.1) is 6.92 Å². The van der Waals surface area contributed by atoms with Gasteiger partial charge < -0.3 is 4.98 Å². The van der Waals surface area contributed by atoms with Gasteiger partial charge in [-0.2, -0.15) is 0 Å². The average Bonchev–Trinajstić information content (AvgIpc) is 2.86. The van der Waals surface area contributed by atoms with Crippen molar-refractivity contribution in [2.45, 2.75) is 12.1 Å². The number of aromatic nitrogens is 2. The Labute approximate surface area is 151 Å². The number of carbonyl (C=O) groups excluding carboxylic acids is 1. The lowest BCUT2D eigenvalue weighted by Crippen LogP contribution is -2.02. The van der Waals surface area contributed by atoms with Gasteiger partial charge in [0.25, 0.3) is 0 Å². The Morgan fingerprint density at radius 3 is 2.86 bits per heavy atom. The van der Waals surface area contributed by atoms with E-state index in [1.54, 1.807) is 0 Å². The molecule has 2 aromatic carbocycles. The number of ketones is 1. The Hall–Kier alpha value is -1.11. The van der Waals surface area contributed by atoms with Crippen molar-refractivity contribution in [3.8, 4) is 0 Å². The Kier molecular flexibility index (Phi) is 5.83. The minimum Gasteiger partial charge on any atom is -0.333 e. The number of nitrogens with one attached hydrogen (secondary N) is 1. The van der Waals surface area contributed by atoms with Gasteiger partial charge >= 0.3 is 0 Å². The topological polar surface area (TPSA) is 45.8 Å². The van der Waals surface area contributed by atoms with Gasteiger partial charge in [-0.15, -0.1) is 17.0 Å². The summed E-state index contributed by atoms with van der Waals surface area (Å²) in [5.41, 5.74) is 3.84. The van der Waals surface area contributed by atoms with E-state index in [0.29, 0.717) is 11.3 Å². The van der Waals surface area contributed by atoms with Gasteiger partial charge in [0.05, 0.1) is 16.8 Å². The molecule has 0 aliphatic heterocycles. The first-order chi connectivity index (χ1) is 10.1. The second-order valence-corrected chi connectivity index (χ2v) is 6.66. The van der Waals surface area contributed by atoms with Gasteiger partial charge in [-0.3, -0.25) is 4.79 Å². The molecule has 0 amide bonds. The average molecular weight is 442 g/mol. The standard InChI is InChI=1S/C16H13BrN2OS.BrH/c1-10-5-6-13-14(7-10)19-16(18-13)21-9-15(20)11-3-2-4-12(17)8-11;/h2-8H,9H2,1H3,(H,18,19);1H. The van der Waals surface area contributed by atoms with Gasteiger partial charge in [-0.25, -0.2) is 4.98 Å². The Bertz CT molecular complexity index is 817. The molecule has 1 N–H and O–H groups in total. The molecular formula is C16H14Br2N2OS. The molecule has 22 heavy (non-hydrogen) atoms. The van der Waals surface area contributed by atoms with Crippen molar-refractivity contribution in [1.29, 1.82) is 0 Å². The van der Waals surface area contributed by atoms with Gasteiger partial charge in [0.2, 0.25) is 0 Å². The molecule has 114 valence electrons. The van der Waals surface area contributed by atoms with E-state index in [-0.39, 0.29) is 22.8 Å². The highest BCUT2D eigenvalue weighted by atomic mass is 79.9.